The molecule has 7 nitrogen and oxygen atoms in total. The first-order valence-electron chi connectivity index (χ1n) is 14.9. The van der Waals surface area contributed by atoms with E-state index in [0.717, 1.165) is 19.5 Å². The van der Waals surface area contributed by atoms with Gasteiger partial charge >= 0.3 is 11.9 Å². The Morgan fingerprint density at radius 2 is 1.59 bits per heavy atom. The van der Waals surface area contributed by atoms with Crippen LogP contribution in [-0.2, 0) is 19.1 Å². The molecule has 0 aromatic heterocycles. The molecule has 230 valence electrons. The second kappa shape index (κ2) is 13.8. The minimum Gasteiger partial charge on any atom is -0.466 e. The van der Waals surface area contributed by atoms with Crippen molar-refractivity contribution in [2.24, 2.45) is 0 Å². The Bertz CT molecular complexity index is 1520. The fourth-order valence-electron chi connectivity index (χ4n) is 6.45. The van der Waals surface area contributed by atoms with Gasteiger partial charge in [0.1, 0.15) is 5.60 Å². The number of nitrogens with zero attached hydrogens (tertiary/aromatic N) is 1. The molecule has 1 fully saturated rings. The van der Waals surface area contributed by atoms with Crippen LogP contribution < -0.4 is 5.32 Å². The zero-order valence-corrected chi connectivity index (χ0v) is 26.1. The van der Waals surface area contributed by atoms with E-state index in [9.17, 15) is 14.7 Å². The zero-order valence-electron chi connectivity index (χ0n) is 25.4. The maximum Gasteiger partial charge on any atom is 0.337 e. The third-order valence-corrected chi connectivity index (χ3v) is 8.98. The molecule has 1 saturated heterocycles. The highest BCUT2D eigenvalue weighted by Crippen LogP contribution is 2.43. The van der Waals surface area contributed by atoms with Crippen LogP contribution in [0.25, 0.3) is 0 Å². The number of dihydropyridines is 1. The van der Waals surface area contributed by atoms with Crippen LogP contribution in [0.3, 0.4) is 0 Å². The number of hydrogen-bond acceptors (Lipinski definition) is 7. The monoisotopic (exact) mass is 614 g/mol. The van der Waals surface area contributed by atoms with Crippen LogP contribution in [0.5, 0.6) is 0 Å². The number of likely N-dealkylation sites (tertiary alicyclic amines) is 1. The number of hydrogen-bond donors (Lipinski definition) is 2. The quantitative estimate of drug-likeness (QED) is 0.273. The van der Waals surface area contributed by atoms with Gasteiger partial charge in [-0.3, -0.25) is 4.90 Å². The van der Waals surface area contributed by atoms with Crippen LogP contribution in [0.1, 0.15) is 55.2 Å². The van der Waals surface area contributed by atoms with Crippen molar-refractivity contribution in [2.45, 2.75) is 44.1 Å². The number of ether oxygens (including phenoxy) is 2. The summed E-state index contributed by atoms with van der Waals surface area (Å²) >= 11 is 6.61. The Hall–Kier alpha value is -3.91. The molecule has 3 aromatic carbocycles. The van der Waals surface area contributed by atoms with Gasteiger partial charge in [0.05, 0.1) is 36.5 Å². The molecular weight excluding hydrogens is 576 g/mol. The number of halogens is 1. The highest BCUT2D eigenvalue weighted by Gasteiger charge is 2.43. The molecule has 0 saturated carbocycles. The molecule has 2 N–H and O–H groups in total. The van der Waals surface area contributed by atoms with Crippen LogP contribution in [-0.4, -0.2) is 60.9 Å². The fraction of sp³-hybridized carbons (Fsp3) is 0.333. The normalized spacial score (nSPS) is 20.5. The van der Waals surface area contributed by atoms with E-state index in [1.807, 2.05) is 19.1 Å². The summed E-state index contributed by atoms with van der Waals surface area (Å²) in [4.78, 5) is 29.4. The van der Waals surface area contributed by atoms with Crippen molar-refractivity contribution in [1.29, 1.82) is 0 Å². The number of nitrogens with one attached hydrogen (secondary N) is 1. The predicted molar refractivity (Wildman–Crippen MR) is 171 cm³/mol. The molecule has 44 heavy (non-hydrogen) atoms. The second-order valence-electron chi connectivity index (χ2n) is 11.7. The van der Waals surface area contributed by atoms with Crippen molar-refractivity contribution in [3.8, 4) is 0 Å². The number of aliphatic hydroxyl groups excluding tert-OH is 1. The minimum atomic E-state index is -0.870. The largest absolute Gasteiger partial charge is 0.466 e. The van der Waals surface area contributed by atoms with Crippen LogP contribution >= 0.6 is 11.6 Å². The van der Waals surface area contributed by atoms with Gasteiger partial charge in [-0.1, -0.05) is 90.5 Å². The second-order valence-corrected chi connectivity index (χ2v) is 12.1. The Morgan fingerprint density at radius 1 is 0.977 bits per heavy atom. The van der Waals surface area contributed by atoms with E-state index in [2.05, 4.69) is 58.7 Å². The molecule has 0 amide bonds. The van der Waals surface area contributed by atoms with Gasteiger partial charge in [-0.05, 0) is 49.6 Å². The standard InChI is InChI=1S/C36H39ClN2O5/c1-24-31(34(41)43-3)32(28-16-10-11-17-29(28)37)33(30(22-40)38-24)35(42)44-36(2)19-21-39(23-36)20-18-27(25-12-6-4-7-13-25)26-14-8-5-9-15-26/h4-17,27,32,38,40H,18-23H2,1-3H3/t32-,36+/m1/s1. The van der Waals surface area contributed by atoms with E-state index >= 15 is 0 Å². The summed E-state index contributed by atoms with van der Waals surface area (Å²) in [6.45, 7) is 5.40. The average molecular weight is 615 g/mol. The van der Waals surface area contributed by atoms with Crippen molar-refractivity contribution >= 4 is 23.5 Å². The Balaban J connectivity index is 1.36. The molecule has 0 bridgehead atoms. The number of esters is 2. The zero-order chi connectivity index (χ0) is 31.3. The lowest BCUT2D eigenvalue weighted by atomic mass is 9.80. The van der Waals surface area contributed by atoms with E-state index in [-0.39, 0.29) is 22.8 Å². The number of carbonyl (C=O) groups excluding carboxylic acids is 2. The SMILES string of the molecule is COC(=O)C1=C(C)NC(CO)=C(C(=O)O[C@@]2(C)CCN(CCC(c3ccccc3)c3ccccc3)C2)[C@@H]1c1ccccc1Cl. The first kappa shape index (κ1) is 31.5. The first-order chi connectivity index (χ1) is 21.2. The van der Waals surface area contributed by atoms with Gasteiger partial charge in [0.25, 0.3) is 0 Å². The van der Waals surface area contributed by atoms with Crippen LogP contribution in [0, 0.1) is 0 Å². The van der Waals surface area contributed by atoms with E-state index in [1.54, 1.807) is 31.2 Å². The van der Waals surface area contributed by atoms with Gasteiger partial charge < -0.3 is 19.9 Å². The average Bonchev–Trinajstić information content (AvgIpc) is 3.41. The van der Waals surface area contributed by atoms with E-state index in [1.165, 1.54) is 18.2 Å². The topological polar surface area (TPSA) is 88.1 Å². The number of carbonyl (C=O) groups is 2. The molecule has 2 atom stereocenters. The summed E-state index contributed by atoms with van der Waals surface area (Å²) in [5.74, 6) is -1.81. The van der Waals surface area contributed by atoms with Gasteiger partial charge in [-0.15, -0.1) is 0 Å². The van der Waals surface area contributed by atoms with Gasteiger partial charge in [-0.2, -0.15) is 0 Å². The third-order valence-electron chi connectivity index (χ3n) is 8.64. The first-order valence-corrected chi connectivity index (χ1v) is 15.3. The lowest BCUT2D eigenvalue weighted by Crippen LogP contribution is -2.40. The number of aliphatic hydroxyl groups is 1. The highest BCUT2D eigenvalue weighted by atomic mass is 35.5. The van der Waals surface area contributed by atoms with Crippen molar-refractivity contribution in [3.05, 3.63) is 129 Å². The highest BCUT2D eigenvalue weighted by molar-refractivity contribution is 6.31. The maximum atomic E-state index is 14.1. The van der Waals surface area contributed by atoms with E-state index in [0.29, 0.717) is 29.2 Å². The number of methoxy groups -OCH3 is 1. The number of rotatable bonds is 10. The van der Waals surface area contributed by atoms with E-state index in [4.69, 9.17) is 21.1 Å². The Kier molecular flexibility index (Phi) is 9.89. The molecule has 0 aliphatic carbocycles. The van der Waals surface area contributed by atoms with E-state index < -0.39 is 30.1 Å². The summed E-state index contributed by atoms with van der Waals surface area (Å²) < 4.78 is 11.4. The molecule has 5 rings (SSSR count). The molecule has 0 radical (unpaired) electrons. The van der Waals surface area contributed by atoms with Crippen molar-refractivity contribution in [3.63, 3.8) is 0 Å². The molecule has 8 heteroatoms. The Labute approximate surface area is 264 Å². The van der Waals surface area contributed by atoms with Crippen LogP contribution in [0.4, 0.5) is 0 Å². The molecule has 2 aliphatic rings. The van der Waals surface area contributed by atoms with Crippen LogP contribution in [0.2, 0.25) is 5.02 Å². The third kappa shape index (κ3) is 6.75. The van der Waals surface area contributed by atoms with Crippen LogP contribution in [0.15, 0.2) is 107 Å². The summed E-state index contributed by atoms with van der Waals surface area (Å²) in [5.41, 5.74) is 3.50. The lowest BCUT2D eigenvalue weighted by molar-refractivity contribution is -0.152. The molecule has 0 unspecified atom stereocenters. The molecular formula is C36H39ClN2O5. The molecule has 2 heterocycles. The summed E-state index contributed by atoms with van der Waals surface area (Å²) in [7, 11) is 1.30. The molecule has 2 aliphatic heterocycles. The summed E-state index contributed by atoms with van der Waals surface area (Å²) in [5, 5.41) is 13.7. The maximum absolute atomic E-state index is 14.1. The van der Waals surface area contributed by atoms with Crippen molar-refractivity contribution in [2.75, 3.05) is 33.4 Å². The van der Waals surface area contributed by atoms with Crippen molar-refractivity contribution < 1.29 is 24.2 Å². The Morgan fingerprint density at radius 3 is 2.18 bits per heavy atom. The van der Waals surface area contributed by atoms with Gasteiger partial charge in [0.2, 0.25) is 0 Å². The lowest BCUT2D eigenvalue weighted by Gasteiger charge is -2.33. The van der Waals surface area contributed by atoms with Gasteiger partial charge in [0.15, 0.2) is 0 Å². The molecule has 3 aromatic rings. The van der Waals surface area contributed by atoms with Gasteiger partial charge in [-0.25, -0.2) is 9.59 Å². The van der Waals surface area contributed by atoms with Crippen molar-refractivity contribution in [1.82, 2.24) is 10.2 Å². The van der Waals surface area contributed by atoms with Gasteiger partial charge in [0, 0.05) is 36.1 Å². The summed E-state index contributed by atoms with van der Waals surface area (Å²) in [6.07, 6.45) is 1.58. The predicted octanol–water partition coefficient (Wildman–Crippen LogP) is 5.95. The number of benzene rings is 3. The smallest absolute Gasteiger partial charge is 0.337 e. The summed E-state index contributed by atoms with van der Waals surface area (Å²) in [6, 6.07) is 28.1. The number of allylic oxidation sites excluding steroid dienone is 1. The minimum absolute atomic E-state index is 0.152. The fourth-order valence-corrected chi connectivity index (χ4v) is 6.69. The molecule has 0 spiro atoms.